The van der Waals surface area contributed by atoms with Crippen LogP contribution in [0.15, 0.2) is 60.9 Å². The van der Waals surface area contributed by atoms with Crippen LogP contribution >= 0.6 is 0 Å². The fraction of sp³-hybridized carbons (Fsp3) is 0. The van der Waals surface area contributed by atoms with E-state index in [1.54, 1.807) is 24.3 Å². The summed E-state index contributed by atoms with van der Waals surface area (Å²) in [7, 11) is 0. The van der Waals surface area contributed by atoms with Gasteiger partial charge in [-0.3, -0.25) is 9.59 Å². The van der Waals surface area contributed by atoms with Crippen molar-refractivity contribution in [3.05, 3.63) is 72.1 Å². The van der Waals surface area contributed by atoms with Gasteiger partial charge in [-0.2, -0.15) is 0 Å². The van der Waals surface area contributed by atoms with Crippen LogP contribution in [0.4, 0.5) is 0 Å². The molecule has 2 aromatic carbocycles. The highest BCUT2D eigenvalue weighted by Gasteiger charge is 2.01. The molecule has 0 fully saturated rings. The zero-order valence-corrected chi connectivity index (χ0v) is 12.7. The second-order valence-electron chi connectivity index (χ2n) is 5.29. The van der Waals surface area contributed by atoms with Crippen molar-refractivity contribution in [2.24, 2.45) is 11.5 Å². The quantitative estimate of drug-likeness (QED) is 0.454. The van der Waals surface area contributed by atoms with Gasteiger partial charge >= 0.3 is 0 Å². The molecule has 6 nitrogen and oxygen atoms in total. The molecular weight excluding hydrogens is 304 g/mol. The number of fused-ring (bicyclic) bond motifs is 2. The first-order valence-electron chi connectivity index (χ1n) is 7.28. The number of nitrogens with two attached hydrogens (primary N) is 2. The smallest absolute Gasteiger partial charge is 0.248 e. The lowest BCUT2D eigenvalue weighted by Gasteiger charge is -1.94. The fourth-order valence-corrected chi connectivity index (χ4v) is 2.41. The Labute approximate surface area is 137 Å². The predicted octanol–water partition coefficient (Wildman–Crippen LogP) is 2.53. The molecule has 0 aliphatic rings. The highest BCUT2D eigenvalue weighted by atomic mass is 16.1. The summed E-state index contributed by atoms with van der Waals surface area (Å²) in [4.78, 5) is 27.6. The number of aromatic nitrogens is 2. The average Bonchev–Trinajstić information content (AvgIpc) is 3.22. The minimum Gasteiger partial charge on any atom is -0.366 e. The number of carbonyl (C=O) groups excluding carboxylic acids is 2. The molecule has 0 unspecified atom stereocenters. The molecule has 4 aromatic rings. The van der Waals surface area contributed by atoms with Gasteiger partial charge in [0, 0.05) is 45.3 Å². The van der Waals surface area contributed by atoms with Gasteiger partial charge in [0.2, 0.25) is 11.8 Å². The molecule has 2 heterocycles. The van der Waals surface area contributed by atoms with E-state index in [4.69, 9.17) is 11.5 Å². The lowest BCUT2D eigenvalue weighted by molar-refractivity contribution is 0.0992. The van der Waals surface area contributed by atoms with Crippen LogP contribution in [0.5, 0.6) is 0 Å². The molecule has 0 radical (unpaired) electrons. The zero-order valence-electron chi connectivity index (χ0n) is 12.7. The van der Waals surface area contributed by atoms with Crippen molar-refractivity contribution in [3.63, 3.8) is 0 Å². The van der Waals surface area contributed by atoms with E-state index in [9.17, 15) is 9.59 Å². The first-order chi connectivity index (χ1) is 11.5. The Morgan fingerprint density at radius 2 is 1.08 bits per heavy atom. The number of aromatic amines is 2. The Bertz CT molecular complexity index is 946. The molecule has 0 spiro atoms. The van der Waals surface area contributed by atoms with Gasteiger partial charge in [-0.05, 0) is 48.5 Å². The summed E-state index contributed by atoms with van der Waals surface area (Å²) in [6.07, 6.45) is 3.66. The molecule has 120 valence electrons. The van der Waals surface area contributed by atoms with Gasteiger partial charge in [-0.15, -0.1) is 0 Å². The predicted molar refractivity (Wildman–Crippen MR) is 93.6 cm³/mol. The highest BCUT2D eigenvalue weighted by molar-refractivity contribution is 5.97. The lowest BCUT2D eigenvalue weighted by Crippen LogP contribution is -2.10. The van der Waals surface area contributed by atoms with E-state index in [0.29, 0.717) is 11.1 Å². The van der Waals surface area contributed by atoms with Gasteiger partial charge in [0.05, 0.1) is 0 Å². The van der Waals surface area contributed by atoms with Crippen molar-refractivity contribution in [2.45, 2.75) is 0 Å². The number of benzene rings is 2. The molecular formula is C18H16N4O2. The maximum atomic E-state index is 10.8. The fourth-order valence-electron chi connectivity index (χ4n) is 2.41. The molecule has 0 saturated carbocycles. The van der Waals surface area contributed by atoms with Gasteiger partial charge < -0.3 is 21.4 Å². The van der Waals surface area contributed by atoms with Gasteiger partial charge in [-0.1, -0.05) is 0 Å². The van der Waals surface area contributed by atoms with Crippen LogP contribution in [0.25, 0.3) is 21.8 Å². The summed E-state index contributed by atoms with van der Waals surface area (Å²) in [6, 6.07) is 14.5. The SMILES string of the molecule is NC(=O)c1ccc2[nH]ccc2c1.NC(=O)c1ccc2[nH]ccc2c1. The molecule has 6 heteroatoms. The molecule has 0 saturated heterocycles. The van der Waals surface area contributed by atoms with E-state index >= 15 is 0 Å². The van der Waals surface area contributed by atoms with Crippen molar-refractivity contribution in [1.29, 1.82) is 0 Å². The number of carbonyl (C=O) groups is 2. The molecule has 2 amide bonds. The van der Waals surface area contributed by atoms with Crippen LogP contribution in [-0.4, -0.2) is 21.8 Å². The van der Waals surface area contributed by atoms with Gasteiger partial charge in [0.15, 0.2) is 0 Å². The van der Waals surface area contributed by atoms with E-state index in [0.717, 1.165) is 21.8 Å². The Kier molecular flexibility index (Phi) is 4.03. The molecule has 0 atom stereocenters. The number of primary amides is 2. The molecule has 0 bridgehead atoms. The summed E-state index contributed by atoms with van der Waals surface area (Å²) in [6.45, 7) is 0. The van der Waals surface area contributed by atoms with Crippen LogP contribution < -0.4 is 11.5 Å². The minimum absolute atomic E-state index is 0.391. The van der Waals surface area contributed by atoms with Crippen molar-refractivity contribution in [2.75, 3.05) is 0 Å². The summed E-state index contributed by atoms with van der Waals surface area (Å²) >= 11 is 0. The maximum Gasteiger partial charge on any atom is 0.248 e. The number of H-pyrrole nitrogens is 2. The third-order valence-electron chi connectivity index (χ3n) is 3.68. The monoisotopic (exact) mass is 320 g/mol. The topological polar surface area (TPSA) is 118 Å². The first-order valence-corrected chi connectivity index (χ1v) is 7.28. The second kappa shape index (κ2) is 6.29. The van der Waals surface area contributed by atoms with Crippen molar-refractivity contribution < 1.29 is 9.59 Å². The number of amides is 2. The standard InChI is InChI=1S/2C9H8N2O/c2*10-9(12)7-1-2-8-6(5-7)3-4-11-8/h2*1-5,11H,(H2,10,12). The van der Waals surface area contributed by atoms with E-state index < -0.39 is 11.8 Å². The van der Waals surface area contributed by atoms with E-state index in [2.05, 4.69) is 9.97 Å². The Hall–Kier alpha value is -3.54. The molecule has 0 aliphatic carbocycles. The molecule has 6 N–H and O–H groups in total. The summed E-state index contributed by atoms with van der Waals surface area (Å²) in [5.41, 5.74) is 13.4. The van der Waals surface area contributed by atoms with E-state index in [1.807, 2.05) is 36.7 Å². The number of hydrogen-bond acceptors (Lipinski definition) is 2. The second-order valence-corrected chi connectivity index (χ2v) is 5.29. The molecule has 0 aliphatic heterocycles. The van der Waals surface area contributed by atoms with Crippen LogP contribution in [0.2, 0.25) is 0 Å². The number of hydrogen-bond donors (Lipinski definition) is 4. The number of rotatable bonds is 2. The van der Waals surface area contributed by atoms with Gasteiger partial charge in [0.1, 0.15) is 0 Å². The van der Waals surface area contributed by atoms with Crippen molar-refractivity contribution >= 4 is 33.6 Å². The van der Waals surface area contributed by atoms with Crippen molar-refractivity contribution in [3.8, 4) is 0 Å². The first kappa shape index (κ1) is 15.4. The maximum absolute atomic E-state index is 10.8. The van der Waals surface area contributed by atoms with Crippen LogP contribution in [-0.2, 0) is 0 Å². The molecule has 4 rings (SSSR count). The molecule has 2 aromatic heterocycles. The minimum atomic E-state index is -0.391. The van der Waals surface area contributed by atoms with E-state index in [1.165, 1.54) is 0 Å². The molecule has 24 heavy (non-hydrogen) atoms. The van der Waals surface area contributed by atoms with Crippen LogP contribution in [0.1, 0.15) is 20.7 Å². The van der Waals surface area contributed by atoms with Gasteiger partial charge in [0.25, 0.3) is 0 Å². The lowest BCUT2D eigenvalue weighted by atomic mass is 10.1. The third kappa shape index (κ3) is 3.12. The Morgan fingerprint density at radius 3 is 1.46 bits per heavy atom. The normalized spacial score (nSPS) is 10.3. The van der Waals surface area contributed by atoms with Crippen LogP contribution in [0, 0.1) is 0 Å². The average molecular weight is 320 g/mol. The zero-order chi connectivity index (χ0) is 17.1. The van der Waals surface area contributed by atoms with Gasteiger partial charge in [-0.25, -0.2) is 0 Å². The van der Waals surface area contributed by atoms with Crippen molar-refractivity contribution in [1.82, 2.24) is 9.97 Å². The van der Waals surface area contributed by atoms with Crippen LogP contribution in [0.3, 0.4) is 0 Å². The third-order valence-corrected chi connectivity index (χ3v) is 3.68. The summed E-state index contributed by atoms with van der Waals surface area (Å²) < 4.78 is 0. The van der Waals surface area contributed by atoms with E-state index in [-0.39, 0.29) is 0 Å². The Morgan fingerprint density at radius 1 is 0.667 bits per heavy atom. The largest absolute Gasteiger partial charge is 0.366 e. The number of nitrogens with one attached hydrogen (secondary N) is 2. The summed E-state index contributed by atoms with van der Waals surface area (Å²) in [5.74, 6) is -0.781. The summed E-state index contributed by atoms with van der Waals surface area (Å²) in [5, 5.41) is 2.01. The Balaban J connectivity index is 0.000000141. The highest BCUT2D eigenvalue weighted by Crippen LogP contribution is 2.14.